The van der Waals surface area contributed by atoms with Crippen molar-refractivity contribution < 1.29 is 19.4 Å². The Morgan fingerprint density at radius 2 is 1.77 bits per heavy atom. The Bertz CT molecular complexity index is 1050. The Morgan fingerprint density at radius 3 is 2.43 bits per heavy atom. The minimum Gasteiger partial charge on any atom is -0.497 e. The molecule has 8 nitrogen and oxygen atoms in total. The molecule has 2 heterocycles. The molecule has 1 fully saturated rings. The predicted molar refractivity (Wildman–Crippen MR) is 136 cm³/mol. The quantitative estimate of drug-likeness (QED) is 0.465. The highest BCUT2D eigenvalue weighted by Crippen LogP contribution is 2.18. The number of benzene rings is 2. The molecule has 0 bridgehead atoms. The molecule has 1 atom stereocenters. The number of hydrogen-bond donors (Lipinski definition) is 2. The first-order chi connectivity index (χ1) is 17.1. The number of aromatic nitrogens is 1. The summed E-state index contributed by atoms with van der Waals surface area (Å²) in [6.07, 6.45) is 1.16. The maximum atomic E-state index is 12.4. The van der Waals surface area contributed by atoms with Gasteiger partial charge < -0.3 is 24.8 Å². The minimum absolute atomic E-state index is 0.192. The number of piperazine rings is 1. The summed E-state index contributed by atoms with van der Waals surface area (Å²) in [5.74, 6) is 1.39. The number of carbonyl (C=O) groups excluding carboxylic acids is 1. The van der Waals surface area contributed by atoms with Crippen molar-refractivity contribution >= 4 is 17.4 Å². The summed E-state index contributed by atoms with van der Waals surface area (Å²) in [4.78, 5) is 21.4. The maximum absolute atomic E-state index is 12.4. The van der Waals surface area contributed by atoms with Gasteiger partial charge in [-0.1, -0.05) is 30.3 Å². The van der Waals surface area contributed by atoms with Gasteiger partial charge >= 0.3 is 0 Å². The summed E-state index contributed by atoms with van der Waals surface area (Å²) >= 11 is 0. The molecule has 1 amide bonds. The van der Waals surface area contributed by atoms with Gasteiger partial charge in [0.25, 0.3) is 5.91 Å². The van der Waals surface area contributed by atoms with Crippen LogP contribution in [0.15, 0.2) is 72.9 Å². The number of carbonyl (C=O) groups is 1. The lowest BCUT2D eigenvalue weighted by atomic mass is 10.2. The lowest BCUT2D eigenvalue weighted by Crippen LogP contribution is -2.49. The number of methoxy groups -OCH3 is 1. The number of amides is 1. The van der Waals surface area contributed by atoms with Gasteiger partial charge in [0.05, 0.1) is 38.3 Å². The summed E-state index contributed by atoms with van der Waals surface area (Å²) in [6, 6.07) is 20.7. The number of β-amino-alcohol motifs (C(OH)–C–C–N with tert-alkyl or cyclic N) is 1. The van der Waals surface area contributed by atoms with Gasteiger partial charge in [-0.25, -0.2) is 4.98 Å². The summed E-state index contributed by atoms with van der Waals surface area (Å²) < 4.78 is 10.8. The van der Waals surface area contributed by atoms with E-state index in [-0.39, 0.29) is 5.91 Å². The van der Waals surface area contributed by atoms with Gasteiger partial charge in [-0.15, -0.1) is 0 Å². The molecule has 0 unspecified atom stereocenters. The summed E-state index contributed by atoms with van der Waals surface area (Å²) in [6.45, 7) is 4.74. The van der Waals surface area contributed by atoms with E-state index < -0.39 is 6.10 Å². The number of rotatable bonds is 10. The van der Waals surface area contributed by atoms with Crippen LogP contribution in [0.4, 0.5) is 11.5 Å². The Balaban J connectivity index is 1.18. The van der Waals surface area contributed by atoms with Gasteiger partial charge in [-0.2, -0.15) is 0 Å². The molecule has 3 aromatic rings. The molecule has 8 heteroatoms. The molecule has 1 aliphatic rings. The number of nitrogens with zero attached hydrogens (tertiary/aromatic N) is 3. The minimum atomic E-state index is -0.517. The monoisotopic (exact) mass is 476 g/mol. The highest BCUT2D eigenvalue weighted by atomic mass is 16.5. The molecule has 35 heavy (non-hydrogen) atoms. The molecule has 1 aliphatic heterocycles. The fraction of sp³-hybridized carbons (Fsp3) is 0.333. The van der Waals surface area contributed by atoms with Crippen molar-refractivity contribution in [3.8, 4) is 5.75 Å². The molecule has 2 aromatic carbocycles. The Kier molecular flexibility index (Phi) is 8.67. The van der Waals surface area contributed by atoms with Gasteiger partial charge in [0.1, 0.15) is 11.6 Å². The average Bonchev–Trinajstić information content (AvgIpc) is 2.90. The third-order valence-corrected chi connectivity index (χ3v) is 5.94. The van der Waals surface area contributed by atoms with Crippen LogP contribution in [0.1, 0.15) is 15.9 Å². The second-order valence-electron chi connectivity index (χ2n) is 8.53. The van der Waals surface area contributed by atoms with Gasteiger partial charge in [-0.05, 0) is 42.0 Å². The molecule has 0 spiro atoms. The van der Waals surface area contributed by atoms with Gasteiger partial charge in [-0.3, -0.25) is 9.69 Å². The summed E-state index contributed by atoms with van der Waals surface area (Å²) in [5, 5.41) is 13.2. The maximum Gasteiger partial charge on any atom is 0.255 e. The molecular formula is C27H32N4O4. The van der Waals surface area contributed by atoms with Gasteiger partial charge in [0.15, 0.2) is 0 Å². The third kappa shape index (κ3) is 7.26. The van der Waals surface area contributed by atoms with E-state index in [0.29, 0.717) is 36.8 Å². The first-order valence-corrected chi connectivity index (χ1v) is 11.8. The smallest absolute Gasteiger partial charge is 0.255 e. The van der Waals surface area contributed by atoms with Crippen LogP contribution >= 0.6 is 0 Å². The van der Waals surface area contributed by atoms with E-state index in [1.54, 1.807) is 37.6 Å². The molecule has 2 N–H and O–H groups in total. The van der Waals surface area contributed by atoms with Gasteiger partial charge in [0.2, 0.25) is 0 Å². The van der Waals surface area contributed by atoms with Crippen molar-refractivity contribution in [2.75, 3.05) is 56.7 Å². The Morgan fingerprint density at radius 1 is 1.03 bits per heavy atom. The molecule has 1 aromatic heterocycles. The zero-order valence-corrected chi connectivity index (χ0v) is 20.0. The lowest BCUT2D eigenvalue weighted by molar-refractivity contribution is 0.00912. The molecule has 0 radical (unpaired) electrons. The number of anilines is 2. The van der Waals surface area contributed by atoms with Crippen LogP contribution in [0.3, 0.4) is 0 Å². The fourth-order valence-corrected chi connectivity index (χ4v) is 3.99. The van der Waals surface area contributed by atoms with Crippen LogP contribution in [0.25, 0.3) is 0 Å². The summed E-state index contributed by atoms with van der Waals surface area (Å²) in [7, 11) is 1.59. The zero-order valence-electron chi connectivity index (χ0n) is 20.0. The fourth-order valence-electron chi connectivity index (χ4n) is 3.99. The first kappa shape index (κ1) is 24.7. The topological polar surface area (TPSA) is 87.2 Å². The van der Waals surface area contributed by atoms with Crippen molar-refractivity contribution in [2.24, 2.45) is 0 Å². The molecule has 0 saturated carbocycles. The zero-order chi connectivity index (χ0) is 24.5. The van der Waals surface area contributed by atoms with Gasteiger partial charge in [0, 0.05) is 38.3 Å². The molecular weight excluding hydrogens is 444 g/mol. The van der Waals surface area contributed by atoms with E-state index in [9.17, 15) is 9.90 Å². The number of hydrogen-bond acceptors (Lipinski definition) is 7. The standard InChI is InChI=1S/C27H32N4O4/c1-34-25-10-7-22(8-11-25)27(33)29-23-9-12-26(28-17-23)31-15-13-30(14-16-31)18-24(32)20-35-19-21-5-3-2-4-6-21/h2-12,17,24,32H,13-16,18-20H2,1H3,(H,29,33)/t24-/m0/s1. The van der Waals surface area contributed by atoms with Crippen molar-refractivity contribution in [1.82, 2.24) is 9.88 Å². The summed E-state index contributed by atoms with van der Waals surface area (Å²) in [5.41, 5.74) is 2.30. The normalized spacial score (nSPS) is 15.0. The lowest BCUT2D eigenvalue weighted by Gasteiger charge is -2.36. The molecule has 1 saturated heterocycles. The van der Waals surface area contributed by atoms with Crippen molar-refractivity contribution in [1.29, 1.82) is 0 Å². The van der Waals surface area contributed by atoms with Crippen molar-refractivity contribution in [3.05, 3.63) is 84.1 Å². The van der Waals surface area contributed by atoms with Crippen LogP contribution < -0.4 is 15.0 Å². The van der Waals surface area contributed by atoms with Crippen LogP contribution in [0.5, 0.6) is 5.75 Å². The number of ether oxygens (including phenoxy) is 2. The highest BCUT2D eigenvalue weighted by Gasteiger charge is 2.20. The van der Waals surface area contributed by atoms with Crippen molar-refractivity contribution in [2.45, 2.75) is 12.7 Å². The molecule has 0 aliphatic carbocycles. The first-order valence-electron chi connectivity index (χ1n) is 11.8. The van der Waals surface area contributed by atoms with Crippen LogP contribution in [-0.4, -0.2) is 73.4 Å². The second-order valence-corrected chi connectivity index (χ2v) is 8.53. The third-order valence-electron chi connectivity index (χ3n) is 5.94. The van der Waals surface area contributed by atoms with E-state index in [2.05, 4.69) is 20.1 Å². The SMILES string of the molecule is COc1ccc(C(=O)Nc2ccc(N3CCN(C[C@H](O)COCc4ccccc4)CC3)nc2)cc1. The second kappa shape index (κ2) is 12.3. The van der Waals surface area contributed by atoms with E-state index in [0.717, 1.165) is 37.6 Å². The Labute approximate surface area is 206 Å². The van der Waals surface area contributed by atoms with Crippen LogP contribution in [0.2, 0.25) is 0 Å². The van der Waals surface area contributed by atoms with E-state index in [4.69, 9.17) is 9.47 Å². The van der Waals surface area contributed by atoms with Crippen LogP contribution in [-0.2, 0) is 11.3 Å². The molecule has 4 rings (SSSR count). The number of pyridine rings is 1. The number of nitrogens with one attached hydrogen (secondary N) is 1. The molecule has 184 valence electrons. The predicted octanol–water partition coefficient (Wildman–Crippen LogP) is 3.04. The number of aliphatic hydroxyl groups excluding tert-OH is 1. The van der Waals surface area contributed by atoms with E-state index in [1.807, 2.05) is 42.5 Å². The van der Waals surface area contributed by atoms with Crippen LogP contribution in [0, 0.1) is 0 Å². The largest absolute Gasteiger partial charge is 0.497 e. The Hall–Kier alpha value is -3.46. The van der Waals surface area contributed by atoms with Crippen molar-refractivity contribution in [3.63, 3.8) is 0 Å². The van der Waals surface area contributed by atoms with E-state index >= 15 is 0 Å². The van der Waals surface area contributed by atoms with E-state index in [1.165, 1.54) is 0 Å². The average molecular weight is 477 g/mol. The highest BCUT2D eigenvalue weighted by molar-refractivity contribution is 6.04. The number of aliphatic hydroxyl groups is 1.